The molecule has 3 aromatic heterocycles. The number of rotatable bonds is 5. The zero-order valence-electron chi connectivity index (χ0n) is 14.4. The minimum Gasteiger partial charge on any atom is -0.352 e. The molecule has 0 spiro atoms. The molecule has 0 bridgehead atoms. The van der Waals surface area contributed by atoms with Crippen molar-refractivity contribution in [2.45, 2.75) is 5.03 Å². The summed E-state index contributed by atoms with van der Waals surface area (Å²) < 4.78 is 26.5. The third-order valence-corrected chi connectivity index (χ3v) is 6.08. The molecule has 1 aliphatic rings. The van der Waals surface area contributed by atoms with E-state index in [0.717, 1.165) is 5.69 Å². The Kier molecular flexibility index (Phi) is 4.69. The van der Waals surface area contributed by atoms with Crippen molar-refractivity contribution in [3.05, 3.63) is 49.2 Å². The normalized spacial score (nSPS) is 15.6. The first kappa shape index (κ1) is 17.4. The van der Waals surface area contributed by atoms with Crippen LogP contribution in [0.2, 0.25) is 0 Å². The molecule has 4 heterocycles. The zero-order chi connectivity index (χ0) is 18.7. The van der Waals surface area contributed by atoms with Gasteiger partial charge in [0.1, 0.15) is 0 Å². The minimum atomic E-state index is -3.53. The van der Waals surface area contributed by atoms with Crippen LogP contribution < -0.4 is 10.2 Å². The Bertz CT molecular complexity index is 969. The molecule has 1 fully saturated rings. The van der Waals surface area contributed by atoms with Gasteiger partial charge in [-0.1, -0.05) is 0 Å². The molecule has 2 N–H and O–H groups in total. The molecule has 10 nitrogen and oxygen atoms in total. The van der Waals surface area contributed by atoms with Gasteiger partial charge in [-0.3, -0.25) is 4.98 Å². The second-order valence-corrected chi connectivity index (χ2v) is 7.85. The van der Waals surface area contributed by atoms with Gasteiger partial charge in [0.2, 0.25) is 0 Å². The molecule has 11 heteroatoms. The van der Waals surface area contributed by atoms with E-state index in [4.69, 9.17) is 0 Å². The van der Waals surface area contributed by atoms with Crippen molar-refractivity contribution in [1.82, 2.24) is 29.5 Å². The molecule has 0 radical (unpaired) electrons. The van der Waals surface area contributed by atoms with Crippen LogP contribution in [0.1, 0.15) is 0 Å². The maximum atomic E-state index is 12.5. The average molecular weight is 386 g/mol. The molecule has 0 atom stereocenters. The summed E-state index contributed by atoms with van der Waals surface area (Å²) in [5.74, 6) is 1.35. The molecule has 0 aromatic carbocycles. The van der Waals surface area contributed by atoms with Crippen molar-refractivity contribution in [3.63, 3.8) is 0 Å². The van der Waals surface area contributed by atoms with Crippen molar-refractivity contribution >= 4 is 27.3 Å². The van der Waals surface area contributed by atoms with Gasteiger partial charge >= 0.3 is 0 Å². The van der Waals surface area contributed by atoms with Crippen molar-refractivity contribution in [3.8, 4) is 0 Å². The Morgan fingerprint density at radius 3 is 2.37 bits per heavy atom. The topological polar surface area (TPSA) is 120 Å². The Hall–Kier alpha value is -3.05. The van der Waals surface area contributed by atoms with Crippen LogP contribution in [-0.2, 0) is 10.0 Å². The summed E-state index contributed by atoms with van der Waals surface area (Å²) in [6.45, 7) is 1.83. The van der Waals surface area contributed by atoms with Gasteiger partial charge in [-0.15, -0.1) is 10.2 Å². The van der Waals surface area contributed by atoms with Crippen molar-refractivity contribution in [1.29, 1.82) is 0 Å². The molecule has 0 unspecified atom stereocenters. The molecule has 0 saturated carbocycles. The van der Waals surface area contributed by atoms with Gasteiger partial charge in [0, 0.05) is 44.3 Å². The molecule has 0 aliphatic carbocycles. The van der Waals surface area contributed by atoms with E-state index in [-0.39, 0.29) is 5.03 Å². The molecule has 140 valence electrons. The first-order valence-electron chi connectivity index (χ1n) is 8.37. The largest absolute Gasteiger partial charge is 0.352 e. The van der Waals surface area contributed by atoms with Crippen LogP contribution in [0.15, 0.2) is 54.2 Å². The van der Waals surface area contributed by atoms with Gasteiger partial charge < -0.3 is 15.2 Å². The van der Waals surface area contributed by atoms with E-state index in [0.29, 0.717) is 37.8 Å². The number of piperazine rings is 1. The third kappa shape index (κ3) is 3.73. The van der Waals surface area contributed by atoms with E-state index in [9.17, 15) is 8.42 Å². The number of hydrogen-bond acceptors (Lipinski definition) is 8. The fourth-order valence-electron chi connectivity index (χ4n) is 2.82. The minimum absolute atomic E-state index is 0.113. The molecule has 1 aliphatic heterocycles. The van der Waals surface area contributed by atoms with E-state index < -0.39 is 10.0 Å². The fraction of sp³-hybridized carbons (Fsp3) is 0.250. The Morgan fingerprint density at radius 2 is 1.74 bits per heavy atom. The predicted molar refractivity (Wildman–Crippen MR) is 99.1 cm³/mol. The summed E-state index contributed by atoms with van der Waals surface area (Å²) in [4.78, 5) is 12.4. The van der Waals surface area contributed by atoms with Crippen LogP contribution in [0.4, 0.5) is 17.3 Å². The summed E-state index contributed by atoms with van der Waals surface area (Å²) in [6.07, 6.45) is 6.07. The lowest BCUT2D eigenvalue weighted by atomic mass is 10.3. The van der Waals surface area contributed by atoms with Crippen LogP contribution in [0.25, 0.3) is 0 Å². The number of nitrogens with zero attached hydrogens (tertiary/aromatic N) is 6. The second-order valence-electron chi connectivity index (χ2n) is 5.94. The summed E-state index contributed by atoms with van der Waals surface area (Å²) in [5.41, 5.74) is 0.879. The lowest BCUT2D eigenvalue weighted by Gasteiger charge is -2.34. The highest BCUT2D eigenvalue weighted by Gasteiger charge is 2.29. The maximum Gasteiger partial charge on any atom is 0.260 e. The monoisotopic (exact) mass is 386 g/mol. The van der Waals surface area contributed by atoms with Gasteiger partial charge in [0.05, 0.1) is 12.5 Å². The Morgan fingerprint density at radius 1 is 0.963 bits per heavy atom. The van der Waals surface area contributed by atoms with Crippen molar-refractivity contribution < 1.29 is 8.42 Å². The third-order valence-electron chi connectivity index (χ3n) is 4.26. The zero-order valence-corrected chi connectivity index (χ0v) is 15.2. The predicted octanol–water partition coefficient (Wildman–Crippen LogP) is 0.849. The number of anilines is 3. The van der Waals surface area contributed by atoms with Gasteiger partial charge in [-0.2, -0.15) is 4.31 Å². The lowest BCUT2D eigenvalue weighted by molar-refractivity contribution is 0.382. The first-order valence-corrected chi connectivity index (χ1v) is 9.81. The van der Waals surface area contributed by atoms with Crippen LogP contribution in [0.5, 0.6) is 0 Å². The van der Waals surface area contributed by atoms with Gasteiger partial charge in [-0.25, -0.2) is 13.4 Å². The Labute approximate surface area is 156 Å². The number of sulfonamides is 1. The molecule has 3 aromatic rings. The number of nitrogens with one attached hydrogen (secondary N) is 2. The average Bonchev–Trinajstić information content (AvgIpc) is 3.25. The number of aromatic amines is 1. The second kappa shape index (κ2) is 7.29. The van der Waals surface area contributed by atoms with Crippen LogP contribution in [0, 0.1) is 0 Å². The quantitative estimate of drug-likeness (QED) is 0.662. The number of imidazole rings is 1. The number of pyridine rings is 1. The number of aromatic nitrogens is 5. The van der Waals surface area contributed by atoms with Crippen LogP contribution >= 0.6 is 0 Å². The van der Waals surface area contributed by atoms with E-state index in [1.807, 2.05) is 29.2 Å². The number of H-pyrrole nitrogens is 1. The highest BCUT2D eigenvalue weighted by molar-refractivity contribution is 7.89. The number of hydrogen-bond donors (Lipinski definition) is 2. The van der Waals surface area contributed by atoms with Gasteiger partial charge in [0.25, 0.3) is 10.0 Å². The molecular weight excluding hydrogens is 368 g/mol. The summed E-state index contributed by atoms with van der Waals surface area (Å²) in [7, 11) is -3.53. The van der Waals surface area contributed by atoms with Gasteiger partial charge in [0.15, 0.2) is 16.7 Å². The van der Waals surface area contributed by atoms with E-state index in [1.54, 1.807) is 12.4 Å². The SMILES string of the molecule is O=S(=O)(c1cnc[nH]1)N1CCN(c2ccc(Nc3ccncc3)nn2)CC1. The first-order chi connectivity index (χ1) is 13.1. The van der Waals surface area contributed by atoms with Crippen LogP contribution in [-0.4, -0.2) is 64.1 Å². The standard InChI is InChI=1S/C16H18N8O2S/c25-27(26,16-11-18-12-19-16)24-9-7-23(8-10-24)15-2-1-14(21-22-15)20-13-3-5-17-6-4-13/h1-6,11-12H,7-10H2,(H,18,19)(H,17,20,21). The highest BCUT2D eigenvalue weighted by Crippen LogP contribution is 2.19. The lowest BCUT2D eigenvalue weighted by Crippen LogP contribution is -2.49. The smallest absolute Gasteiger partial charge is 0.260 e. The van der Waals surface area contributed by atoms with E-state index >= 15 is 0 Å². The van der Waals surface area contributed by atoms with Crippen molar-refractivity contribution in [2.24, 2.45) is 0 Å². The highest BCUT2D eigenvalue weighted by atomic mass is 32.2. The summed E-state index contributed by atoms with van der Waals surface area (Å²) in [5, 5.41) is 11.7. The summed E-state index contributed by atoms with van der Waals surface area (Å²) >= 11 is 0. The molecular formula is C16H18N8O2S. The molecule has 0 amide bonds. The molecule has 27 heavy (non-hydrogen) atoms. The van der Waals surface area contributed by atoms with E-state index in [1.165, 1.54) is 16.8 Å². The van der Waals surface area contributed by atoms with Gasteiger partial charge in [-0.05, 0) is 24.3 Å². The Balaban J connectivity index is 1.38. The molecule has 4 rings (SSSR count). The maximum absolute atomic E-state index is 12.5. The van der Waals surface area contributed by atoms with Crippen molar-refractivity contribution in [2.75, 3.05) is 36.4 Å². The van der Waals surface area contributed by atoms with Crippen LogP contribution in [0.3, 0.4) is 0 Å². The van der Waals surface area contributed by atoms with E-state index in [2.05, 4.69) is 30.5 Å². The fourth-order valence-corrected chi connectivity index (χ4v) is 4.14. The summed E-state index contributed by atoms with van der Waals surface area (Å²) in [6, 6.07) is 7.40. The molecule has 1 saturated heterocycles.